The van der Waals surface area contributed by atoms with Crippen LogP contribution < -0.4 is 0 Å². The summed E-state index contributed by atoms with van der Waals surface area (Å²) < 4.78 is 30.3. The van der Waals surface area contributed by atoms with E-state index in [9.17, 15) is 8.78 Å². The van der Waals surface area contributed by atoms with Gasteiger partial charge in [0.25, 0.3) is 0 Å². The van der Waals surface area contributed by atoms with E-state index in [1.807, 2.05) is 6.07 Å². The molecule has 0 amide bonds. The maximum atomic E-state index is 15.0. The van der Waals surface area contributed by atoms with Crippen molar-refractivity contribution in [3.63, 3.8) is 0 Å². The Bertz CT molecular complexity index is 1540. The number of nitrogens with zero attached hydrogens (tertiary/aromatic N) is 5. The molecule has 0 saturated heterocycles. The first-order valence-electron chi connectivity index (χ1n) is 15.0. The van der Waals surface area contributed by atoms with E-state index in [0.29, 0.717) is 23.3 Å². The van der Waals surface area contributed by atoms with E-state index in [0.717, 1.165) is 60.3 Å². The van der Waals surface area contributed by atoms with E-state index in [1.54, 1.807) is 4.68 Å². The molecule has 0 saturated carbocycles. The minimum absolute atomic E-state index is 0. The van der Waals surface area contributed by atoms with Crippen LogP contribution in [-0.2, 0) is 31.9 Å². The van der Waals surface area contributed by atoms with Crippen molar-refractivity contribution in [1.29, 1.82) is 0 Å². The third-order valence-electron chi connectivity index (χ3n) is 7.99. The Morgan fingerprint density at radius 1 is 0.837 bits per heavy atom. The van der Waals surface area contributed by atoms with Crippen molar-refractivity contribution in [1.82, 2.24) is 24.7 Å². The molecule has 5 nitrogen and oxygen atoms in total. The Kier molecular flexibility index (Phi) is 11.2. The van der Waals surface area contributed by atoms with Crippen LogP contribution in [0.25, 0.3) is 17.1 Å². The van der Waals surface area contributed by atoms with Crippen molar-refractivity contribution < 1.29 is 29.8 Å². The Labute approximate surface area is 270 Å². The van der Waals surface area contributed by atoms with Crippen LogP contribution in [0.1, 0.15) is 128 Å². The van der Waals surface area contributed by atoms with Crippen LogP contribution in [0.15, 0.2) is 36.4 Å². The van der Waals surface area contributed by atoms with Gasteiger partial charge in [-0.1, -0.05) is 96.2 Å². The average molecular weight is 767 g/mol. The molecular weight excluding hydrogens is 723 g/mol. The molecule has 0 aliphatic rings. The fraction of sp³-hybridized carbons (Fsp3) is 0.486. The van der Waals surface area contributed by atoms with Gasteiger partial charge in [-0.15, -0.1) is 12.1 Å². The van der Waals surface area contributed by atoms with Crippen LogP contribution in [0, 0.1) is 24.0 Å². The van der Waals surface area contributed by atoms with Crippen LogP contribution in [0.5, 0.6) is 0 Å². The summed E-state index contributed by atoms with van der Waals surface area (Å²) in [6.45, 7) is 19.1. The number of hydrogen-bond acceptors (Lipinski definition) is 4. The largest absolute Gasteiger partial charge is 2.00 e. The number of rotatable bonds is 10. The third kappa shape index (κ3) is 7.84. The van der Waals surface area contributed by atoms with Gasteiger partial charge in [-0.25, -0.2) is 5.10 Å². The smallest absolute Gasteiger partial charge is 0.349 e. The first-order chi connectivity index (χ1) is 19.7. The molecule has 0 spiro atoms. The van der Waals surface area contributed by atoms with Gasteiger partial charge in [-0.05, 0) is 61.8 Å². The molecule has 3 heterocycles. The number of hydrogen-bond donors (Lipinski definition) is 0. The third-order valence-corrected chi connectivity index (χ3v) is 7.99. The normalized spacial score (nSPS) is 13.5. The fourth-order valence-corrected chi connectivity index (χ4v) is 5.16. The van der Waals surface area contributed by atoms with E-state index in [-0.39, 0.29) is 38.0 Å². The molecule has 232 valence electrons. The van der Waals surface area contributed by atoms with Crippen molar-refractivity contribution in [2.75, 3.05) is 0 Å². The Morgan fingerprint density at radius 3 is 1.95 bits per heavy atom. The van der Waals surface area contributed by atoms with E-state index in [4.69, 9.17) is 15.1 Å². The molecule has 4 aromatic rings. The van der Waals surface area contributed by atoms with Crippen LogP contribution in [0.4, 0.5) is 8.78 Å². The quantitative estimate of drug-likeness (QED) is 0.151. The van der Waals surface area contributed by atoms with Gasteiger partial charge in [-0.3, -0.25) is 13.8 Å². The Hall–Kier alpha value is -2.79. The Balaban J connectivity index is 0.00000506. The minimum Gasteiger partial charge on any atom is -0.349 e. The van der Waals surface area contributed by atoms with E-state index in [2.05, 4.69) is 97.9 Å². The molecule has 8 heteroatoms. The molecule has 0 N–H and O–H groups in total. The predicted molar refractivity (Wildman–Crippen MR) is 164 cm³/mol. The van der Waals surface area contributed by atoms with Crippen molar-refractivity contribution in [2.45, 2.75) is 111 Å². The summed E-state index contributed by atoms with van der Waals surface area (Å²) in [7, 11) is 0. The second-order valence-corrected chi connectivity index (χ2v) is 13.1. The van der Waals surface area contributed by atoms with Crippen molar-refractivity contribution in [2.24, 2.45) is 0 Å². The molecule has 0 aliphatic carbocycles. The van der Waals surface area contributed by atoms with Crippen molar-refractivity contribution in [3.8, 4) is 17.1 Å². The summed E-state index contributed by atoms with van der Waals surface area (Å²) in [4.78, 5) is 14.5. The molecule has 1 aromatic carbocycles. The SMILES string of the molecule is CCCC(C)c1cc(-c2[c-]cc(F)cc2F)nc(C(C)(C)c2cc(C(C)CCC)cc(-n3[c-]nc(C(C)(C)C)n3)n2)c1.[Pt+2]. The molecule has 0 radical (unpaired) electrons. The topological polar surface area (TPSA) is 56.5 Å². The van der Waals surface area contributed by atoms with Crippen LogP contribution in [0.3, 0.4) is 0 Å². The number of aromatic nitrogens is 5. The molecular formula is C35H43F2N5Pt. The summed E-state index contributed by atoms with van der Waals surface area (Å²) >= 11 is 0. The van der Waals surface area contributed by atoms with Gasteiger partial charge in [0.1, 0.15) is 0 Å². The Morgan fingerprint density at radius 2 is 1.42 bits per heavy atom. The summed E-state index contributed by atoms with van der Waals surface area (Å²) in [5, 5.41) is 4.72. The van der Waals surface area contributed by atoms with Crippen molar-refractivity contribution in [3.05, 3.63) is 88.8 Å². The van der Waals surface area contributed by atoms with Gasteiger partial charge in [0.2, 0.25) is 0 Å². The summed E-state index contributed by atoms with van der Waals surface area (Å²) in [5.41, 5.74) is 3.50. The number of benzene rings is 1. The maximum Gasteiger partial charge on any atom is 2.00 e. The monoisotopic (exact) mass is 766 g/mol. The predicted octanol–water partition coefficient (Wildman–Crippen LogP) is 9.03. The standard InChI is InChI=1S/C35H43F2N5.Pt/c1-10-12-22(3)24-16-29(27-15-14-26(36)20-28(27)37)39-30(17-24)35(8,9)31-18-25(23(4)13-11-2)19-32(40-31)42-21-38-33(41-42)34(5,6)7;/h14,16-20,22-23H,10-13H2,1-9H3;/q-2;+2. The first-order valence-corrected chi connectivity index (χ1v) is 15.0. The van der Waals surface area contributed by atoms with Crippen LogP contribution in [0.2, 0.25) is 0 Å². The molecule has 4 rings (SSSR count). The van der Waals surface area contributed by atoms with Gasteiger partial charge < -0.3 is 14.6 Å². The first kappa shape index (κ1) is 34.7. The number of pyridine rings is 2. The summed E-state index contributed by atoms with van der Waals surface area (Å²) in [6.07, 6.45) is 7.11. The van der Waals surface area contributed by atoms with Gasteiger partial charge in [0.15, 0.2) is 0 Å². The molecule has 2 atom stereocenters. The summed E-state index contributed by atoms with van der Waals surface area (Å²) in [6, 6.07) is 13.0. The maximum absolute atomic E-state index is 15.0. The molecule has 2 unspecified atom stereocenters. The van der Waals surface area contributed by atoms with E-state index >= 15 is 0 Å². The molecule has 0 fully saturated rings. The zero-order valence-corrected chi connectivity index (χ0v) is 29.0. The zero-order valence-electron chi connectivity index (χ0n) is 26.8. The zero-order chi connectivity index (χ0) is 30.8. The molecule has 0 bridgehead atoms. The molecule has 43 heavy (non-hydrogen) atoms. The second-order valence-electron chi connectivity index (χ2n) is 13.1. The van der Waals surface area contributed by atoms with Crippen LogP contribution in [-0.4, -0.2) is 24.7 Å². The van der Waals surface area contributed by atoms with Gasteiger partial charge in [-0.2, -0.15) is 0 Å². The van der Waals surface area contributed by atoms with Gasteiger partial charge in [0.05, 0.1) is 11.6 Å². The van der Waals surface area contributed by atoms with Gasteiger partial charge in [0, 0.05) is 34.8 Å². The van der Waals surface area contributed by atoms with Crippen molar-refractivity contribution >= 4 is 0 Å². The minimum atomic E-state index is -0.682. The summed E-state index contributed by atoms with van der Waals surface area (Å²) in [5.74, 6) is 0.531. The van der Waals surface area contributed by atoms with E-state index < -0.39 is 17.0 Å². The fourth-order valence-electron chi connectivity index (χ4n) is 5.16. The molecule has 0 aliphatic heterocycles. The van der Waals surface area contributed by atoms with Gasteiger partial charge >= 0.3 is 21.1 Å². The van der Waals surface area contributed by atoms with Crippen LogP contribution >= 0.6 is 0 Å². The average Bonchev–Trinajstić information content (AvgIpc) is 3.44. The van der Waals surface area contributed by atoms with E-state index in [1.165, 1.54) is 0 Å². The second kappa shape index (κ2) is 13.9. The molecule has 3 aromatic heterocycles. The number of halogens is 2.